The fraction of sp³-hybridized carbons (Fsp3) is 0.240. The molecule has 0 bridgehead atoms. The Balaban J connectivity index is 1.82. The molecule has 1 N–H and O–H groups in total. The summed E-state index contributed by atoms with van der Waals surface area (Å²) in [6.07, 6.45) is 1.21. The van der Waals surface area contributed by atoms with Gasteiger partial charge in [0.15, 0.2) is 5.78 Å². The van der Waals surface area contributed by atoms with Crippen molar-refractivity contribution >= 4 is 28.2 Å². The number of Topliss-reactive ketones (excluding diaryl/α,β-unsaturated/α-hetero) is 1. The van der Waals surface area contributed by atoms with Crippen molar-refractivity contribution in [2.45, 2.75) is 32.6 Å². The second-order valence-electron chi connectivity index (χ2n) is 8.75. The van der Waals surface area contributed by atoms with E-state index in [1.165, 1.54) is 0 Å². The van der Waals surface area contributed by atoms with Crippen molar-refractivity contribution in [3.63, 3.8) is 0 Å². The predicted molar refractivity (Wildman–Crippen MR) is 115 cm³/mol. The Hall–Kier alpha value is -2.78. The van der Waals surface area contributed by atoms with E-state index in [4.69, 9.17) is 16.3 Å². The third-order valence-corrected chi connectivity index (χ3v) is 6.15. The summed E-state index contributed by atoms with van der Waals surface area (Å²) >= 11 is 6.13. The van der Waals surface area contributed by atoms with Gasteiger partial charge in [0.05, 0.1) is 0 Å². The third-order valence-electron chi connectivity index (χ3n) is 5.90. The topological polar surface area (TPSA) is 46.5 Å². The van der Waals surface area contributed by atoms with Crippen LogP contribution in [0.4, 0.5) is 0 Å². The van der Waals surface area contributed by atoms with E-state index >= 15 is 0 Å². The second kappa shape index (κ2) is 6.36. The monoisotopic (exact) mass is 404 g/mol. The SMILES string of the molecule is CC1(C)CC(=O)C2=C(C1)Oc1ccc3ccc(O)cc3c1C2c1ccc(Cl)cc1. The number of ether oxygens (including phenoxy) is 1. The molecule has 0 saturated carbocycles. The molecular formula is C25H21ClO3. The van der Waals surface area contributed by atoms with Gasteiger partial charge in [-0.3, -0.25) is 4.79 Å². The maximum Gasteiger partial charge on any atom is 0.163 e. The van der Waals surface area contributed by atoms with Gasteiger partial charge in [-0.25, -0.2) is 0 Å². The molecule has 1 aliphatic heterocycles. The van der Waals surface area contributed by atoms with Crippen LogP contribution in [-0.2, 0) is 4.79 Å². The van der Waals surface area contributed by atoms with Gasteiger partial charge in [0.1, 0.15) is 17.3 Å². The van der Waals surface area contributed by atoms with Gasteiger partial charge in [0.2, 0.25) is 0 Å². The summed E-state index contributed by atoms with van der Waals surface area (Å²) in [5, 5.41) is 12.7. The number of ketones is 1. The molecule has 0 fully saturated rings. The standard InChI is InChI=1S/C25H21ClO3/c1-25(2)12-19(28)24-21(13-25)29-20-10-6-14-5-9-17(27)11-18(14)23(20)22(24)15-3-7-16(26)8-4-15/h3-11,22,27H,12-13H2,1-2H3. The average molecular weight is 405 g/mol. The van der Waals surface area contributed by atoms with Gasteiger partial charge < -0.3 is 9.84 Å². The molecule has 0 saturated heterocycles. The van der Waals surface area contributed by atoms with E-state index in [0.29, 0.717) is 11.4 Å². The molecule has 0 amide bonds. The molecule has 3 aromatic rings. The number of carbonyl (C=O) groups is 1. The van der Waals surface area contributed by atoms with E-state index in [1.54, 1.807) is 12.1 Å². The van der Waals surface area contributed by atoms with Crippen molar-refractivity contribution in [1.29, 1.82) is 0 Å². The number of carbonyl (C=O) groups excluding carboxylic acids is 1. The van der Waals surface area contributed by atoms with Crippen LogP contribution in [0, 0.1) is 5.41 Å². The van der Waals surface area contributed by atoms with E-state index in [9.17, 15) is 9.90 Å². The molecule has 1 aliphatic carbocycles. The van der Waals surface area contributed by atoms with Gasteiger partial charge in [-0.05, 0) is 52.1 Å². The van der Waals surface area contributed by atoms with Crippen LogP contribution in [0.5, 0.6) is 11.5 Å². The zero-order valence-electron chi connectivity index (χ0n) is 16.3. The van der Waals surface area contributed by atoms with Crippen molar-refractivity contribution in [3.8, 4) is 11.5 Å². The number of benzene rings is 3. The summed E-state index contributed by atoms with van der Waals surface area (Å²) in [6, 6.07) is 16.9. The highest BCUT2D eigenvalue weighted by Crippen LogP contribution is 2.52. The first-order chi connectivity index (χ1) is 13.8. The zero-order chi connectivity index (χ0) is 20.3. The lowest BCUT2D eigenvalue weighted by Gasteiger charge is -2.38. The molecule has 146 valence electrons. The Labute approximate surface area is 174 Å². The Morgan fingerprint density at radius 3 is 2.52 bits per heavy atom. The first-order valence-electron chi connectivity index (χ1n) is 9.78. The smallest absolute Gasteiger partial charge is 0.163 e. The van der Waals surface area contributed by atoms with Crippen molar-refractivity contribution in [2.75, 3.05) is 0 Å². The number of rotatable bonds is 1. The van der Waals surface area contributed by atoms with Crippen LogP contribution in [0.1, 0.15) is 43.7 Å². The van der Waals surface area contributed by atoms with E-state index in [0.717, 1.165) is 45.4 Å². The van der Waals surface area contributed by atoms with Gasteiger partial charge in [-0.15, -0.1) is 0 Å². The molecule has 2 aliphatic rings. The number of fused-ring (bicyclic) bond motifs is 3. The normalized spacial score (nSPS) is 20.2. The Morgan fingerprint density at radius 2 is 1.76 bits per heavy atom. The van der Waals surface area contributed by atoms with E-state index in [-0.39, 0.29) is 22.9 Å². The number of aromatic hydroxyl groups is 1. The first-order valence-corrected chi connectivity index (χ1v) is 10.2. The Kier molecular flexibility index (Phi) is 4.01. The van der Waals surface area contributed by atoms with Crippen LogP contribution in [0.25, 0.3) is 10.8 Å². The lowest BCUT2D eigenvalue weighted by atomic mass is 9.69. The van der Waals surface area contributed by atoms with Crippen LogP contribution >= 0.6 is 11.6 Å². The number of allylic oxidation sites excluding steroid dienone is 2. The van der Waals surface area contributed by atoms with Crippen LogP contribution in [0.15, 0.2) is 65.9 Å². The van der Waals surface area contributed by atoms with Crippen molar-refractivity contribution in [1.82, 2.24) is 0 Å². The lowest BCUT2D eigenvalue weighted by molar-refractivity contribution is -0.118. The van der Waals surface area contributed by atoms with Gasteiger partial charge >= 0.3 is 0 Å². The molecule has 3 nitrogen and oxygen atoms in total. The first kappa shape index (κ1) is 18.3. The molecule has 29 heavy (non-hydrogen) atoms. The minimum Gasteiger partial charge on any atom is -0.508 e. The molecule has 1 unspecified atom stereocenters. The summed E-state index contributed by atoms with van der Waals surface area (Å²) in [5.74, 6) is 1.57. The van der Waals surface area contributed by atoms with Crippen LogP contribution < -0.4 is 4.74 Å². The lowest BCUT2D eigenvalue weighted by Crippen LogP contribution is -2.33. The van der Waals surface area contributed by atoms with E-state index < -0.39 is 0 Å². The number of halogens is 1. The molecule has 4 heteroatoms. The molecule has 1 atom stereocenters. The second-order valence-corrected chi connectivity index (χ2v) is 9.18. The Morgan fingerprint density at radius 1 is 1.03 bits per heavy atom. The fourth-order valence-electron chi connectivity index (χ4n) is 4.65. The highest BCUT2D eigenvalue weighted by Gasteiger charge is 2.42. The van der Waals surface area contributed by atoms with Gasteiger partial charge in [0, 0.05) is 34.9 Å². The zero-order valence-corrected chi connectivity index (χ0v) is 17.1. The van der Waals surface area contributed by atoms with Crippen LogP contribution in [0.2, 0.25) is 5.02 Å². The predicted octanol–water partition coefficient (Wildman–Crippen LogP) is 6.37. The minimum atomic E-state index is -0.250. The van der Waals surface area contributed by atoms with E-state index in [1.807, 2.05) is 42.5 Å². The molecular weight excluding hydrogens is 384 g/mol. The average Bonchev–Trinajstić information content (AvgIpc) is 2.66. The quantitative estimate of drug-likeness (QED) is 0.512. The maximum atomic E-state index is 13.3. The van der Waals surface area contributed by atoms with Crippen LogP contribution in [0.3, 0.4) is 0 Å². The third kappa shape index (κ3) is 3.01. The molecule has 0 aromatic heterocycles. The summed E-state index contributed by atoms with van der Waals surface area (Å²) in [6.45, 7) is 4.20. The summed E-state index contributed by atoms with van der Waals surface area (Å²) < 4.78 is 6.32. The molecule has 5 rings (SSSR count). The summed E-state index contributed by atoms with van der Waals surface area (Å²) in [5.41, 5.74) is 2.52. The van der Waals surface area contributed by atoms with Crippen molar-refractivity contribution < 1.29 is 14.6 Å². The summed E-state index contributed by atoms with van der Waals surface area (Å²) in [7, 11) is 0. The van der Waals surface area contributed by atoms with Gasteiger partial charge in [-0.2, -0.15) is 0 Å². The van der Waals surface area contributed by atoms with Gasteiger partial charge in [-0.1, -0.05) is 49.7 Å². The number of phenols is 1. The largest absolute Gasteiger partial charge is 0.508 e. The molecule has 1 heterocycles. The highest BCUT2D eigenvalue weighted by atomic mass is 35.5. The number of hydrogen-bond acceptors (Lipinski definition) is 3. The minimum absolute atomic E-state index is 0.124. The molecule has 0 spiro atoms. The number of hydrogen-bond donors (Lipinski definition) is 1. The van der Waals surface area contributed by atoms with Crippen molar-refractivity contribution in [2.24, 2.45) is 5.41 Å². The van der Waals surface area contributed by atoms with Gasteiger partial charge in [0.25, 0.3) is 0 Å². The number of phenolic OH excluding ortho intramolecular Hbond substituents is 1. The van der Waals surface area contributed by atoms with Crippen LogP contribution in [-0.4, -0.2) is 10.9 Å². The van der Waals surface area contributed by atoms with Crippen molar-refractivity contribution in [3.05, 3.63) is 82.1 Å². The Bertz CT molecular complexity index is 1190. The fourth-order valence-corrected chi connectivity index (χ4v) is 4.78. The van der Waals surface area contributed by atoms with E-state index in [2.05, 4.69) is 13.8 Å². The summed E-state index contributed by atoms with van der Waals surface area (Å²) in [4.78, 5) is 13.3. The molecule has 0 radical (unpaired) electrons. The maximum absolute atomic E-state index is 13.3. The molecule has 3 aromatic carbocycles. The highest BCUT2D eigenvalue weighted by molar-refractivity contribution is 6.30.